The Morgan fingerprint density at radius 1 is 0.909 bits per heavy atom. The smallest absolute Gasteiger partial charge is 0.0329 e. The Balaban J connectivity index is 1.91. The second kappa shape index (κ2) is 2.02. The Bertz CT molecular complexity index is 173. The van der Waals surface area contributed by atoms with Crippen LogP contribution in [0.25, 0.3) is 0 Å². The maximum absolute atomic E-state index is 2.49. The second-order valence-corrected chi connectivity index (χ2v) is 5.13. The van der Waals surface area contributed by atoms with Crippen molar-refractivity contribution in [2.24, 2.45) is 29.6 Å². The first-order valence-electron chi connectivity index (χ1n) is 5.36. The van der Waals surface area contributed by atoms with Crippen molar-refractivity contribution >= 4 is 0 Å². The van der Waals surface area contributed by atoms with Crippen molar-refractivity contribution in [3.63, 3.8) is 0 Å². The molecule has 0 saturated heterocycles. The Morgan fingerprint density at radius 3 is 2.55 bits per heavy atom. The molecule has 0 nitrogen and oxygen atoms in total. The van der Waals surface area contributed by atoms with Gasteiger partial charge < -0.3 is 0 Å². The minimum atomic E-state index is 1.08. The van der Waals surface area contributed by atoms with Crippen molar-refractivity contribution < 1.29 is 0 Å². The van der Waals surface area contributed by atoms with E-state index in [0.717, 1.165) is 5.92 Å². The molecule has 3 aliphatic carbocycles. The van der Waals surface area contributed by atoms with E-state index in [9.17, 15) is 0 Å². The van der Waals surface area contributed by atoms with Crippen LogP contribution in [0.4, 0.5) is 0 Å². The summed E-state index contributed by atoms with van der Waals surface area (Å²) in [5.74, 6) is 5.78. The molecule has 0 N–H and O–H groups in total. The van der Waals surface area contributed by atoms with Crippen LogP contribution in [-0.4, -0.2) is 0 Å². The molecule has 3 aliphatic rings. The third-order valence-electron chi connectivity index (χ3n) is 4.77. The van der Waals surface area contributed by atoms with Gasteiger partial charge in [-0.25, -0.2) is 0 Å². The minimum absolute atomic E-state index is 1.08. The van der Waals surface area contributed by atoms with Gasteiger partial charge in [0.1, 0.15) is 0 Å². The van der Waals surface area contributed by atoms with Gasteiger partial charge in [0.15, 0.2) is 0 Å². The van der Waals surface area contributed by atoms with Gasteiger partial charge >= 0.3 is 0 Å². The molecule has 0 radical (unpaired) electrons. The fourth-order valence-corrected chi connectivity index (χ4v) is 4.42. The molecule has 11 heavy (non-hydrogen) atoms. The largest absolute Gasteiger partial charge is 0.0622 e. The first kappa shape index (κ1) is 6.51. The van der Waals surface area contributed by atoms with E-state index < -0.39 is 0 Å². The number of hydrogen-bond acceptors (Lipinski definition) is 0. The third-order valence-corrected chi connectivity index (χ3v) is 4.77. The fourth-order valence-electron chi connectivity index (χ4n) is 4.42. The van der Waals surface area contributed by atoms with Crippen LogP contribution in [-0.2, 0) is 0 Å². The molecule has 0 amide bonds. The molecule has 0 heterocycles. The maximum Gasteiger partial charge on any atom is -0.0329 e. The van der Waals surface area contributed by atoms with Crippen LogP contribution < -0.4 is 0 Å². The molecular formula is C11H18. The zero-order valence-electron chi connectivity index (χ0n) is 7.42. The molecular weight excluding hydrogens is 132 g/mol. The normalized spacial score (nSPS) is 60.3. The van der Waals surface area contributed by atoms with Gasteiger partial charge in [-0.3, -0.25) is 0 Å². The molecule has 62 valence electrons. The summed E-state index contributed by atoms with van der Waals surface area (Å²) in [6.45, 7) is 2.49. The molecule has 0 heteroatoms. The summed E-state index contributed by atoms with van der Waals surface area (Å²) < 4.78 is 0. The van der Waals surface area contributed by atoms with E-state index in [4.69, 9.17) is 0 Å². The topological polar surface area (TPSA) is 0 Å². The standard InChI is InChI=1S/C11H18/c1-7-2-5-10-8-3-4-9(6-8)11(7)10/h7-11H,2-6H2,1H3. The number of fused-ring (bicyclic) bond motifs is 5. The van der Waals surface area contributed by atoms with E-state index >= 15 is 0 Å². The average molecular weight is 150 g/mol. The monoisotopic (exact) mass is 150 g/mol. The van der Waals surface area contributed by atoms with Gasteiger partial charge in [0.25, 0.3) is 0 Å². The Hall–Kier alpha value is 0. The Morgan fingerprint density at radius 2 is 1.73 bits per heavy atom. The SMILES string of the molecule is CC1CCC2C3CCC(C3)C12. The lowest BCUT2D eigenvalue weighted by Gasteiger charge is -2.27. The lowest BCUT2D eigenvalue weighted by atomic mass is 9.79. The van der Waals surface area contributed by atoms with Crippen LogP contribution >= 0.6 is 0 Å². The quantitative estimate of drug-likeness (QED) is 0.498. The van der Waals surface area contributed by atoms with Crippen molar-refractivity contribution in [1.82, 2.24) is 0 Å². The predicted molar refractivity (Wildman–Crippen MR) is 46.2 cm³/mol. The molecule has 0 aliphatic heterocycles. The highest BCUT2D eigenvalue weighted by atomic mass is 14.6. The fraction of sp³-hybridized carbons (Fsp3) is 1.00. The van der Waals surface area contributed by atoms with Gasteiger partial charge in [-0.15, -0.1) is 0 Å². The Kier molecular flexibility index (Phi) is 1.20. The van der Waals surface area contributed by atoms with Crippen LogP contribution in [0.2, 0.25) is 0 Å². The van der Waals surface area contributed by atoms with E-state index in [0.29, 0.717) is 0 Å². The van der Waals surface area contributed by atoms with E-state index in [1.165, 1.54) is 23.7 Å². The van der Waals surface area contributed by atoms with Gasteiger partial charge in [-0.2, -0.15) is 0 Å². The molecule has 3 rings (SSSR count). The van der Waals surface area contributed by atoms with Crippen molar-refractivity contribution in [1.29, 1.82) is 0 Å². The number of rotatable bonds is 0. The van der Waals surface area contributed by atoms with Gasteiger partial charge in [-0.05, 0) is 55.3 Å². The number of hydrogen-bond donors (Lipinski definition) is 0. The van der Waals surface area contributed by atoms with E-state index in [1.54, 1.807) is 32.1 Å². The van der Waals surface area contributed by atoms with Gasteiger partial charge in [0, 0.05) is 0 Å². The zero-order chi connectivity index (χ0) is 7.42. The summed E-state index contributed by atoms with van der Waals surface area (Å²) in [6, 6.07) is 0. The van der Waals surface area contributed by atoms with Crippen LogP contribution in [0.3, 0.4) is 0 Å². The van der Waals surface area contributed by atoms with E-state index in [2.05, 4.69) is 6.92 Å². The van der Waals surface area contributed by atoms with Crippen molar-refractivity contribution in [2.75, 3.05) is 0 Å². The van der Waals surface area contributed by atoms with Crippen LogP contribution in [0.5, 0.6) is 0 Å². The van der Waals surface area contributed by atoms with Crippen LogP contribution in [0, 0.1) is 29.6 Å². The first-order chi connectivity index (χ1) is 5.36. The molecule has 0 spiro atoms. The highest BCUT2D eigenvalue weighted by Crippen LogP contribution is 2.60. The average Bonchev–Trinajstić information content (AvgIpc) is 2.60. The molecule has 0 aromatic heterocycles. The van der Waals surface area contributed by atoms with E-state index in [1.807, 2.05) is 0 Å². The van der Waals surface area contributed by atoms with Crippen LogP contribution in [0.15, 0.2) is 0 Å². The van der Waals surface area contributed by atoms with Crippen molar-refractivity contribution in [3.05, 3.63) is 0 Å². The molecule has 3 fully saturated rings. The summed E-state index contributed by atoms with van der Waals surface area (Å²) in [7, 11) is 0. The van der Waals surface area contributed by atoms with Crippen molar-refractivity contribution in [2.45, 2.75) is 39.0 Å². The first-order valence-corrected chi connectivity index (χ1v) is 5.36. The molecule has 2 bridgehead atoms. The second-order valence-electron chi connectivity index (χ2n) is 5.13. The van der Waals surface area contributed by atoms with Crippen LogP contribution in [0.1, 0.15) is 39.0 Å². The summed E-state index contributed by atoms with van der Waals surface area (Å²) in [5.41, 5.74) is 0. The molecule has 3 saturated carbocycles. The molecule has 0 aromatic carbocycles. The summed E-state index contributed by atoms with van der Waals surface area (Å²) in [6.07, 6.45) is 7.89. The van der Waals surface area contributed by atoms with Gasteiger partial charge in [0.2, 0.25) is 0 Å². The highest BCUT2D eigenvalue weighted by Gasteiger charge is 2.51. The third kappa shape index (κ3) is 0.711. The summed E-state index contributed by atoms with van der Waals surface area (Å²) in [5, 5.41) is 0. The van der Waals surface area contributed by atoms with E-state index in [-0.39, 0.29) is 0 Å². The molecule has 0 aromatic rings. The lowest BCUT2D eigenvalue weighted by molar-refractivity contribution is 0.221. The maximum atomic E-state index is 2.49. The predicted octanol–water partition coefficient (Wildman–Crippen LogP) is 3.08. The Labute approximate surface area is 69.4 Å². The summed E-state index contributed by atoms with van der Waals surface area (Å²) >= 11 is 0. The van der Waals surface area contributed by atoms with Gasteiger partial charge in [0.05, 0.1) is 0 Å². The van der Waals surface area contributed by atoms with Crippen molar-refractivity contribution in [3.8, 4) is 0 Å². The summed E-state index contributed by atoms with van der Waals surface area (Å²) in [4.78, 5) is 0. The molecule has 5 atom stereocenters. The zero-order valence-corrected chi connectivity index (χ0v) is 7.42. The molecule has 5 unspecified atom stereocenters. The minimum Gasteiger partial charge on any atom is -0.0622 e. The lowest BCUT2D eigenvalue weighted by Crippen LogP contribution is -2.20. The van der Waals surface area contributed by atoms with Gasteiger partial charge in [-0.1, -0.05) is 13.3 Å². The highest BCUT2D eigenvalue weighted by molar-refractivity contribution is 5.01.